The highest BCUT2D eigenvalue weighted by atomic mass is 16.2. The fraction of sp³-hybridized carbons (Fsp3) is 0.692. The summed E-state index contributed by atoms with van der Waals surface area (Å²) in [6.07, 6.45) is 7.82. The van der Waals surface area contributed by atoms with Crippen LogP contribution in [0.25, 0.3) is 0 Å². The van der Waals surface area contributed by atoms with Gasteiger partial charge in [-0.2, -0.15) is 0 Å². The Balaban J connectivity index is 1.27. The van der Waals surface area contributed by atoms with E-state index in [9.17, 15) is 9.59 Å². The summed E-state index contributed by atoms with van der Waals surface area (Å²) in [7, 11) is 0. The number of benzene rings is 1. The summed E-state index contributed by atoms with van der Waals surface area (Å²) in [4.78, 5) is 32.2. The summed E-state index contributed by atoms with van der Waals surface area (Å²) in [6.45, 7) is 8.93. The van der Waals surface area contributed by atoms with Crippen molar-refractivity contribution in [2.24, 2.45) is 5.92 Å². The number of carbonyl (C=O) groups excluding carboxylic acids is 2. The topological polar surface area (TPSA) is 43.9 Å². The summed E-state index contributed by atoms with van der Waals surface area (Å²) in [6, 6.07) is 10.0. The minimum Gasteiger partial charge on any atom is -0.336 e. The third-order valence-electron chi connectivity index (χ3n) is 8.88. The molecule has 0 N–H and O–H groups in total. The third kappa shape index (κ3) is 3.40. The molecule has 5 rings (SSSR count). The minimum absolute atomic E-state index is 0.116. The summed E-state index contributed by atoms with van der Waals surface area (Å²) < 4.78 is 0. The third-order valence-corrected chi connectivity index (χ3v) is 8.88. The number of hydrogen-bond acceptors (Lipinski definition) is 3. The van der Waals surface area contributed by atoms with Gasteiger partial charge in [0.1, 0.15) is 0 Å². The second-order valence-corrected chi connectivity index (χ2v) is 10.5. The molecular formula is C26H37N3O2. The molecular weight excluding hydrogens is 386 g/mol. The van der Waals surface area contributed by atoms with Crippen LogP contribution < -0.4 is 4.90 Å². The van der Waals surface area contributed by atoms with E-state index in [4.69, 9.17) is 0 Å². The van der Waals surface area contributed by atoms with Gasteiger partial charge in [0.25, 0.3) is 0 Å². The van der Waals surface area contributed by atoms with Crippen molar-refractivity contribution in [1.82, 2.24) is 9.80 Å². The Morgan fingerprint density at radius 3 is 2.32 bits per heavy atom. The SMILES string of the molecule is CCC(C)C(=O)N1C2CCC1CC(N1CCC3(CC1)CN(C(C)=O)c1ccccc13)C2. The average molecular weight is 424 g/mol. The number of para-hydroxylation sites is 1. The largest absolute Gasteiger partial charge is 0.336 e. The van der Waals surface area contributed by atoms with E-state index in [0.717, 1.165) is 57.4 Å². The first-order chi connectivity index (χ1) is 14.9. The first kappa shape index (κ1) is 21.0. The van der Waals surface area contributed by atoms with Crippen molar-refractivity contribution in [1.29, 1.82) is 0 Å². The van der Waals surface area contributed by atoms with E-state index in [2.05, 4.69) is 41.8 Å². The van der Waals surface area contributed by atoms with Gasteiger partial charge in [0.05, 0.1) is 0 Å². The van der Waals surface area contributed by atoms with Gasteiger partial charge in [-0.3, -0.25) is 9.59 Å². The summed E-state index contributed by atoms with van der Waals surface area (Å²) in [5.74, 6) is 0.695. The van der Waals surface area contributed by atoms with Crippen molar-refractivity contribution < 1.29 is 9.59 Å². The zero-order valence-electron chi connectivity index (χ0n) is 19.3. The van der Waals surface area contributed by atoms with Gasteiger partial charge in [-0.1, -0.05) is 32.0 Å². The second-order valence-electron chi connectivity index (χ2n) is 10.5. The summed E-state index contributed by atoms with van der Waals surface area (Å²) >= 11 is 0. The molecule has 2 amide bonds. The van der Waals surface area contributed by atoms with Crippen molar-refractivity contribution in [3.05, 3.63) is 29.8 Å². The van der Waals surface area contributed by atoms with Gasteiger partial charge in [-0.05, 0) is 69.7 Å². The van der Waals surface area contributed by atoms with Crippen LogP contribution in [0.3, 0.4) is 0 Å². The van der Waals surface area contributed by atoms with Gasteiger partial charge in [0.15, 0.2) is 0 Å². The fourth-order valence-electron chi connectivity index (χ4n) is 6.89. The molecule has 2 bridgehead atoms. The molecule has 4 aliphatic rings. The molecule has 0 radical (unpaired) electrons. The van der Waals surface area contributed by atoms with E-state index < -0.39 is 0 Å². The molecule has 5 heteroatoms. The van der Waals surface area contributed by atoms with Crippen molar-refractivity contribution in [2.75, 3.05) is 24.5 Å². The van der Waals surface area contributed by atoms with Crippen LogP contribution in [0.4, 0.5) is 5.69 Å². The van der Waals surface area contributed by atoms with Crippen molar-refractivity contribution in [2.45, 2.75) is 89.3 Å². The molecule has 0 aliphatic carbocycles. The van der Waals surface area contributed by atoms with Gasteiger partial charge in [-0.15, -0.1) is 0 Å². The lowest BCUT2D eigenvalue weighted by molar-refractivity contribution is -0.140. The second kappa shape index (κ2) is 7.91. The maximum absolute atomic E-state index is 12.9. The standard InChI is InChI=1S/C26H37N3O2/c1-4-18(2)25(31)29-20-9-10-21(29)16-22(15-20)27-13-11-26(12-14-27)17-28(19(3)30)24-8-6-5-7-23(24)26/h5-8,18,20-22H,4,9-17H2,1-3H3. The predicted molar refractivity (Wildman–Crippen MR) is 123 cm³/mol. The van der Waals surface area contributed by atoms with Crippen molar-refractivity contribution in [3.8, 4) is 0 Å². The highest BCUT2D eigenvalue weighted by Gasteiger charge is 2.49. The van der Waals surface area contributed by atoms with Crippen LogP contribution in [-0.2, 0) is 15.0 Å². The molecule has 3 unspecified atom stereocenters. The molecule has 1 aromatic carbocycles. The number of fused-ring (bicyclic) bond motifs is 4. The Morgan fingerprint density at radius 2 is 1.71 bits per heavy atom. The highest BCUT2D eigenvalue weighted by molar-refractivity contribution is 5.94. The number of anilines is 1. The number of carbonyl (C=O) groups is 2. The highest BCUT2D eigenvalue weighted by Crippen LogP contribution is 2.48. The Labute approximate surface area is 186 Å². The van der Waals surface area contributed by atoms with Gasteiger partial charge < -0.3 is 14.7 Å². The first-order valence-electron chi connectivity index (χ1n) is 12.4. The number of amides is 2. The molecule has 3 fully saturated rings. The van der Waals surface area contributed by atoms with Gasteiger partial charge in [0.2, 0.25) is 11.8 Å². The van der Waals surface area contributed by atoms with Crippen LogP contribution in [0.1, 0.15) is 71.3 Å². The molecule has 3 atom stereocenters. The van der Waals surface area contributed by atoms with E-state index in [1.165, 1.54) is 18.4 Å². The Hall–Kier alpha value is -1.88. The zero-order valence-corrected chi connectivity index (χ0v) is 19.3. The molecule has 31 heavy (non-hydrogen) atoms. The van der Waals surface area contributed by atoms with E-state index >= 15 is 0 Å². The first-order valence-corrected chi connectivity index (χ1v) is 12.4. The molecule has 4 aliphatic heterocycles. The van der Waals surface area contributed by atoms with Crippen LogP contribution in [-0.4, -0.2) is 59.4 Å². The van der Waals surface area contributed by atoms with E-state index in [0.29, 0.717) is 24.0 Å². The molecule has 4 heterocycles. The molecule has 5 nitrogen and oxygen atoms in total. The Kier molecular flexibility index (Phi) is 5.36. The van der Waals surface area contributed by atoms with E-state index in [1.54, 1.807) is 6.92 Å². The van der Waals surface area contributed by atoms with Crippen LogP contribution >= 0.6 is 0 Å². The minimum atomic E-state index is 0.116. The molecule has 0 aromatic heterocycles. The Bertz CT molecular complexity index is 846. The fourth-order valence-corrected chi connectivity index (χ4v) is 6.89. The van der Waals surface area contributed by atoms with Crippen LogP contribution in [0.5, 0.6) is 0 Å². The van der Waals surface area contributed by atoms with Crippen molar-refractivity contribution >= 4 is 17.5 Å². The molecule has 1 aromatic rings. The van der Waals surface area contributed by atoms with Gasteiger partial charge in [0, 0.05) is 48.6 Å². The summed E-state index contributed by atoms with van der Waals surface area (Å²) in [5.41, 5.74) is 2.61. The quantitative estimate of drug-likeness (QED) is 0.739. The van der Waals surface area contributed by atoms with Crippen LogP contribution in [0.15, 0.2) is 24.3 Å². The number of hydrogen-bond donors (Lipinski definition) is 0. The predicted octanol–water partition coefficient (Wildman–Crippen LogP) is 3.95. The van der Waals surface area contributed by atoms with Gasteiger partial charge >= 0.3 is 0 Å². The molecule has 3 saturated heterocycles. The van der Waals surface area contributed by atoms with E-state index in [1.807, 2.05) is 11.0 Å². The normalized spacial score (nSPS) is 30.5. The van der Waals surface area contributed by atoms with Crippen molar-refractivity contribution in [3.63, 3.8) is 0 Å². The Morgan fingerprint density at radius 1 is 1.06 bits per heavy atom. The maximum atomic E-state index is 12.9. The average Bonchev–Trinajstić information content (AvgIpc) is 3.24. The molecule has 1 spiro atoms. The molecule has 168 valence electrons. The number of piperidine rings is 2. The van der Waals surface area contributed by atoms with Gasteiger partial charge in [-0.25, -0.2) is 0 Å². The van der Waals surface area contributed by atoms with Crippen LogP contribution in [0, 0.1) is 5.92 Å². The zero-order chi connectivity index (χ0) is 21.8. The molecule has 0 saturated carbocycles. The lowest BCUT2D eigenvalue weighted by atomic mass is 9.73. The lowest BCUT2D eigenvalue weighted by Crippen LogP contribution is -2.56. The monoisotopic (exact) mass is 423 g/mol. The lowest BCUT2D eigenvalue weighted by Gasteiger charge is -2.48. The number of likely N-dealkylation sites (tertiary alicyclic amines) is 1. The smallest absolute Gasteiger partial charge is 0.225 e. The summed E-state index contributed by atoms with van der Waals surface area (Å²) in [5, 5.41) is 0. The maximum Gasteiger partial charge on any atom is 0.225 e. The number of rotatable bonds is 3. The van der Waals surface area contributed by atoms with E-state index in [-0.39, 0.29) is 17.2 Å². The van der Waals surface area contributed by atoms with Crippen LogP contribution in [0.2, 0.25) is 0 Å². The number of nitrogens with zero attached hydrogens (tertiary/aromatic N) is 3.